The molecule has 2 aliphatic rings. The predicted octanol–water partition coefficient (Wildman–Crippen LogP) is 6.92. The Morgan fingerprint density at radius 1 is 0.970 bits per heavy atom. The summed E-state index contributed by atoms with van der Waals surface area (Å²) >= 11 is 12.4. The number of fused-ring (bicyclic) bond motifs is 6. The van der Waals surface area contributed by atoms with Gasteiger partial charge in [-0.05, 0) is 42.5 Å². The lowest BCUT2D eigenvalue weighted by Crippen LogP contribution is -2.48. The van der Waals surface area contributed by atoms with Crippen LogP contribution in [0.3, 0.4) is 0 Å². The van der Waals surface area contributed by atoms with Crippen LogP contribution in [0, 0.1) is 5.41 Å². The van der Waals surface area contributed by atoms with Gasteiger partial charge in [0.15, 0.2) is 0 Å². The second-order valence-electron chi connectivity index (χ2n) is 9.54. The summed E-state index contributed by atoms with van der Waals surface area (Å²) in [4.78, 5) is 23.5. The van der Waals surface area contributed by atoms with E-state index in [-0.39, 0.29) is 5.69 Å². The van der Waals surface area contributed by atoms with Gasteiger partial charge in [-0.25, -0.2) is 9.97 Å². The molecule has 1 heterocycles. The Balaban J connectivity index is 1.70. The van der Waals surface area contributed by atoms with Crippen molar-refractivity contribution < 1.29 is 18.0 Å². The number of nitrogens with zero attached hydrogens (tertiary/aromatic N) is 2. The number of carbonyl (C=O) groups excluding carboxylic acids is 1. The fourth-order valence-corrected chi connectivity index (χ4v) is 5.99. The number of benzene rings is 2. The summed E-state index contributed by atoms with van der Waals surface area (Å²) in [6.07, 6.45) is -3.49. The van der Waals surface area contributed by atoms with E-state index in [1.54, 1.807) is 12.1 Å². The summed E-state index contributed by atoms with van der Waals surface area (Å²) in [7, 11) is 0. The minimum atomic E-state index is -4.60. The number of hydrogen-bond donors (Lipinski definition) is 1. The summed E-state index contributed by atoms with van der Waals surface area (Å²) < 4.78 is 40.7. The zero-order chi connectivity index (χ0) is 24.0. The molecule has 0 aliphatic heterocycles. The first-order valence-electron chi connectivity index (χ1n) is 10.5. The van der Waals surface area contributed by atoms with Gasteiger partial charge >= 0.3 is 6.18 Å². The van der Waals surface area contributed by atoms with Crippen molar-refractivity contribution in [3.8, 4) is 0 Å². The van der Waals surface area contributed by atoms with E-state index in [0.717, 1.165) is 6.07 Å². The van der Waals surface area contributed by atoms with Crippen LogP contribution < -0.4 is 5.32 Å². The van der Waals surface area contributed by atoms with Crippen LogP contribution in [0.5, 0.6) is 0 Å². The number of hydrogen-bond acceptors (Lipinski definition) is 3. The molecule has 1 saturated carbocycles. The smallest absolute Gasteiger partial charge is 0.325 e. The molecule has 5 rings (SSSR count). The van der Waals surface area contributed by atoms with E-state index >= 15 is 0 Å². The fraction of sp³-hybridized carbons (Fsp3) is 0.375. The van der Waals surface area contributed by atoms with E-state index in [9.17, 15) is 18.0 Å². The average Bonchev–Trinajstić information content (AvgIpc) is 3.02. The highest BCUT2D eigenvalue weighted by atomic mass is 35.5. The minimum Gasteiger partial charge on any atom is -0.325 e. The van der Waals surface area contributed by atoms with Crippen molar-refractivity contribution >= 4 is 45.8 Å². The van der Waals surface area contributed by atoms with Gasteiger partial charge in [-0.3, -0.25) is 4.79 Å². The highest BCUT2D eigenvalue weighted by Crippen LogP contribution is 2.70. The van der Waals surface area contributed by atoms with Gasteiger partial charge in [0.25, 0.3) is 0 Å². The first-order valence-corrected chi connectivity index (χ1v) is 11.2. The highest BCUT2D eigenvalue weighted by molar-refractivity contribution is 6.42. The Kier molecular flexibility index (Phi) is 4.64. The number of nitrogens with one attached hydrogen (secondary N) is 1. The summed E-state index contributed by atoms with van der Waals surface area (Å²) in [5.41, 5.74) is -1.23. The van der Waals surface area contributed by atoms with E-state index in [4.69, 9.17) is 33.2 Å². The molecule has 3 aromatic rings. The molecule has 2 aliphatic carbocycles. The van der Waals surface area contributed by atoms with Crippen LogP contribution in [0.25, 0.3) is 11.0 Å². The molecule has 172 valence electrons. The summed E-state index contributed by atoms with van der Waals surface area (Å²) in [6.45, 7) is 5.96. The summed E-state index contributed by atoms with van der Waals surface area (Å²) in [6, 6.07) is 8.22. The Bertz CT molecular complexity index is 1340. The molecule has 2 aromatic carbocycles. The van der Waals surface area contributed by atoms with Crippen LogP contribution in [-0.4, -0.2) is 15.9 Å². The van der Waals surface area contributed by atoms with Crippen molar-refractivity contribution in [1.29, 1.82) is 0 Å². The van der Waals surface area contributed by atoms with E-state index in [0.29, 0.717) is 45.3 Å². The molecule has 1 fully saturated rings. The second-order valence-corrected chi connectivity index (χ2v) is 10.4. The number of aromatic nitrogens is 2. The minimum absolute atomic E-state index is 0.272. The molecule has 0 radical (unpaired) electrons. The van der Waals surface area contributed by atoms with Crippen LogP contribution in [0.4, 0.5) is 18.9 Å². The predicted molar refractivity (Wildman–Crippen MR) is 122 cm³/mol. The summed E-state index contributed by atoms with van der Waals surface area (Å²) in [5.74, 6) is -0.514. The molecule has 2 atom stereocenters. The highest BCUT2D eigenvalue weighted by Gasteiger charge is 2.73. The average molecular weight is 494 g/mol. The molecular weight excluding hydrogens is 474 g/mol. The molecule has 1 aromatic heterocycles. The van der Waals surface area contributed by atoms with Gasteiger partial charge in [0.05, 0.1) is 49.1 Å². The molecule has 1 amide bonds. The van der Waals surface area contributed by atoms with Gasteiger partial charge < -0.3 is 5.32 Å². The number of amides is 1. The van der Waals surface area contributed by atoms with Crippen molar-refractivity contribution in [3.63, 3.8) is 0 Å². The molecule has 1 N–H and O–H groups in total. The number of anilines is 1. The second kappa shape index (κ2) is 6.83. The van der Waals surface area contributed by atoms with E-state index in [1.165, 1.54) is 18.2 Å². The van der Waals surface area contributed by atoms with E-state index in [1.807, 2.05) is 20.8 Å². The topological polar surface area (TPSA) is 54.9 Å². The molecule has 0 spiro atoms. The Labute approximate surface area is 198 Å². The van der Waals surface area contributed by atoms with Gasteiger partial charge in [-0.15, -0.1) is 0 Å². The summed E-state index contributed by atoms with van der Waals surface area (Å²) in [5, 5.41) is 3.24. The molecule has 4 nitrogen and oxygen atoms in total. The SMILES string of the molecule is CC12CCC(C(=O)Nc3ccccc3C(F)(F)F)(c3nc4cc(Cl)c(Cl)cc4nc31)C2(C)C. The standard InChI is InChI=1S/C24H20Cl2F3N3O/c1-21(2)22(3)8-9-23(21,20(33)32-15-7-5-4-6-12(15)24(27,28)29)19-18(22)30-16-10-13(25)14(26)11-17(16)31-19/h4-7,10-11H,8-9H2,1-3H3,(H,32,33). The monoisotopic (exact) mass is 493 g/mol. The third-order valence-corrected chi connectivity index (χ3v) is 8.67. The molecule has 2 bridgehead atoms. The maximum Gasteiger partial charge on any atom is 0.418 e. The van der Waals surface area contributed by atoms with E-state index < -0.39 is 33.9 Å². The molecular formula is C24H20Cl2F3N3O. The Morgan fingerprint density at radius 3 is 2.15 bits per heavy atom. The fourth-order valence-electron chi connectivity index (χ4n) is 5.67. The normalized spacial score (nSPS) is 25.3. The van der Waals surface area contributed by atoms with Crippen molar-refractivity contribution in [2.75, 3.05) is 5.32 Å². The zero-order valence-corrected chi connectivity index (χ0v) is 19.6. The number of halogens is 5. The first-order chi connectivity index (χ1) is 15.3. The van der Waals surface area contributed by atoms with Gasteiger partial charge in [-0.1, -0.05) is 56.1 Å². The largest absolute Gasteiger partial charge is 0.418 e. The van der Waals surface area contributed by atoms with Crippen LogP contribution in [0.15, 0.2) is 36.4 Å². The number of alkyl halides is 3. The third-order valence-electron chi connectivity index (χ3n) is 7.95. The zero-order valence-electron chi connectivity index (χ0n) is 18.1. The Morgan fingerprint density at radius 2 is 1.55 bits per heavy atom. The van der Waals surface area contributed by atoms with Gasteiger partial charge in [0.1, 0.15) is 0 Å². The number of carbonyl (C=O) groups is 1. The van der Waals surface area contributed by atoms with Crippen molar-refractivity contribution in [1.82, 2.24) is 9.97 Å². The maximum atomic E-state index is 13.9. The van der Waals surface area contributed by atoms with Crippen LogP contribution in [0.1, 0.15) is 50.6 Å². The number of para-hydroxylation sites is 1. The van der Waals surface area contributed by atoms with Crippen LogP contribution in [0.2, 0.25) is 10.0 Å². The van der Waals surface area contributed by atoms with Crippen molar-refractivity contribution in [2.24, 2.45) is 5.41 Å². The molecule has 33 heavy (non-hydrogen) atoms. The number of rotatable bonds is 2. The van der Waals surface area contributed by atoms with E-state index in [2.05, 4.69) is 5.32 Å². The molecule has 9 heteroatoms. The lowest BCUT2D eigenvalue weighted by Gasteiger charge is -2.39. The van der Waals surface area contributed by atoms with Crippen molar-refractivity contribution in [2.45, 2.75) is 50.6 Å². The lowest BCUT2D eigenvalue weighted by molar-refractivity contribution is -0.137. The van der Waals surface area contributed by atoms with Crippen molar-refractivity contribution in [3.05, 3.63) is 63.4 Å². The maximum absolute atomic E-state index is 13.9. The van der Waals surface area contributed by atoms with Crippen LogP contribution >= 0.6 is 23.2 Å². The lowest BCUT2D eigenvalue weighted by atomic mass is 9.63. The quantitative estimate of drug-likeness (QED) is 0.421. The third kappa shape index (κ3) is 2.81. The van der Waals surface area contributed by atoms with Gasteiger partial charge in [-0.2, -0.15) is 13.2 Å². The van der Waals surface area contributed by atoms with Gasteiger partial charge in [0, 0.05) is 5.41 Å². The van der Waals surface area contributed by atoms with Crippen LogP contribution in [-0.2, 0) is 21.8 Å². The molecule has 0 saturated heterocycles. The van der Waals surface area contributed by atoms with Gasteiger partial charge in [0.2, 0.25) is 5.91 Å². The molecule has 2 unspecified atom stereocenters. The Hall–Kier alpha value is -2.38. The first kappa shape index (κ1) is 22.4.